The summed E-state index contributed by atoms with van der Waals surface area (Å²) in [4.78, 5) is 12.4. The van der Waals surface area contributed by atoms with Crippen LogP contribution >= 0.6 is 0 Å². The van der Waals surface area contributed by atoms with Gasteiger partial charge in [-0.3, -0.25) is 4.79 Å². The smallest absolute Gasteiger partial charge is 0.251 e. The van der Waals surface area contributed by atoms with Gasteiger partial charge in [-0.05, 0) is 26.0 Å². The molecule has 0 saturated heterocycles. The molecule has 0 aliphatic heterocycles. The van der Waals surface area contributed by atoms with E-state index in [-0.39, 0.29) is 5.91 Å². The third kappa shape index (κ3) is 3.39. The molecule has 124 valence electrons. The lowest BCUT2D eigenvalue weighted by Gasteiger charge is -2.14. The monoisotopic (exact) mass is 320 g/mol. The molecule has 0 aliphatic carbocycles. The van der Waals surface area contributed by atoms with E-state index in [1.807, 2.05) is 6.92 Å². The lowest BCUT2D eigenvalue weighted by molar-refractivity contribution is 0.0950. The summed E-state index contributed by atoms with van der Waals surface area (Å²) in [7, 11) is 4.52. The Labute approximate surface area is 134 Å². The maximum atomic E-state index is 12.4. The van der Waals surface area contributed by atoms with Crippen LogP contribution in [0.25, 0.3) is 0 Å². The van der Waals surface area contributed by atoms with Crippen molar-refractivity contribution in [2.45, 2.75) is 20.4 Å². The van der Waals surface area contributed by atoms with E-state index in [1.165, 1.54) is 21.3 Å². The van der Waals surface area contributed by atoms with Gasteiger partial charge in [0, 0.05) is 17.7 Å². The number of hydrogen-bond acceptors (Lipinski definition) is 6. The average molecular weight is 320 g/mol. The molecule has 0 bridgehead atoms. The number of methoxy groups -OCH3 is 3. The molecule has 1 aromatic heterocycles. The Morgan fingerprint density at radius 2 is 1.74 bits per heavy atom. The van der Waals surface area contributed by atoms with Crippen LogP contribution in [-0.4, -0.2) is 32.4 Å². The Hall–Kier alpha value is -2.70. The number of nitrogens with zero attached hydrogens (tertiary/aromatic N) is 1. The first-order valence-electron chi connectivity index (χ1n) is 7.01. The molecule has 0 unspecified atom stereocenters. The molecular formula is C16H20N2O5. The Kier molecular flexibility index (Phi) is 5.10. The van der Waals surface area contributed by atoms with E-state index < -0.39 is 0 Å². The van der Waals surface area contributed by atoms with Crippen molar-refractivity contribution in [3.05, 3.63) is 34.7 Å². The largest absolute Gasteiger partial charge is 0.493 e. The lowest BCUT2D eigenvalue weighted by Crippen LogP contribution is -2.23. The third-order valence-corrected chi connectivity index (χ3v) is 3.53. The summed E-state index contributed by atoms with van der Waals surface area (Å²) in [6, 6.07) is 3.20. The number of aromatic nitrogens is 1. The van der Waals surface area contributed by atoms with Crippen LogP contribution in [0, 0.1) is 13.8 Å². The summed E-state index contributed by atoms with van der Waals surface area (Å²) in [5.74, 6) is 1.72. The highest BCUT2D eigenvalue weighted by Gasteiger charge is 2.17. The molecule has 0 saturated carbocycles. The van der Waals surface area contributed by atoms with E-state index >= 15 is 0 Å². The summed E-state index contributed by atoms with van der Waals surface area (Å²) in [5, 5.41) is 6.69. The van der Waals surface area contributed by atoms with Gasteiger partial charge in [0.05, 0.1) is 27.0 Å². The minimum atomic E-state index is -0.260. The van der Waals surface area contributed by atoms with Crippen LogP contribution in [0.3, 0.4) is 0 Å². The van der Waals surface area contributed by atoms with Crippen molar-refractivity contribution < 1.29 is 23.5 Å². The molecule has 1 N–H and O–H groups in total. The van der Waals surface area contributed by atoms with E-state index in [9.17, 15) is 4.79 Å². The molecule has 0 aliphatic rings. The maximum Gasteiger partial charge on any atom is 0.251 e. The standard InChI is InChI=1S/C16H20N2O5/c1-9-12(10(2)23-18-9)8-17-16(19)11-6-13(20-3)15(22-5)14(7-11)21-4/h6-7H,8H2,1-5H3,(H,17,19). The summed E-state index contributed by atoms with van der Waals surface area (Å²) in [5.41, 5.74) is 2.03. The fourth-order valence-corrected chi connectivity index (χ4v) is 2.24. The zero-order chi connectivity index (χ0) is 17.0. The predicted molar refractivity (Wildman–Crippen MR) is 83.2 cm³/mol. The van der Waals surface area contributed by atoms with Crippen molar-refractivity contribution in [3.63, 3.8) is 0 Å². The molecule has 0 fully saturated rings. The van der Waals surface area contributed by atoms with Gasteiger partial charge in [-0.2, -0.15) is 0 Å². The molecule has 1 aromatic carbocycles. The summed E-state index contributed by atoms with van der Waals surface area (Å²) in [6.45, 7) is 3.97. The topological polar surface area (TPSA) is 82.8 Å². The Bertz CT molecular complexity index is 664. The number of ether oxygens (including phenoxy) is 3. The highest BCUT2D eigenvalue weighted by Crippen LogP contribution is 2.38. The van der Waals surface area contributed by atoms with Crippen LogP contribution in [0.2, 0.25) is 0 Å². The zero-order valence-corrected chi connectivity index (χ0v) is 13.9. The van der Waals surface area contributed by atoms with Gasteiger partial charge < -0.3 is 24.1 Å². The van der Waals surface area contributed by atoms with Crippen molar-refractivity contribution in [2.75, 3.05) is 21.3 Å². The van der Waals surface area contributed by atoms with Crippen molar-refractivity contribution in [3.8, 4) is 17.2 Å². The molecule has 2 rings (SSSR count). The molecule has 0 atom stereocenters. The molecule has 0 radical (unpaired) electrons. The van der Waals surface area contributed by atoms with E-state index in [0.717, 1.165) is 11.3 Å². The molecule has 1 heterocycles. The van der Waals surface area contributed by atoms with Gasteiger partial charge in [-0.1, -0.05) is 5.16 Å². The number of amides is 1. The van der Waals surface area contributed by atoms with Crippen LogP contribution in [0.5, 0.6) is 17.2 Å². The highest BCUT2D eigenvalue weighted by molar-refractivity contribution is 5.95. The van der Waals surface area contributed by atoms with Crippen LogP contribution in [0.15, 0.2) is 16.7 Å². The van der Waals surface area contributed by atoms with Crippen LogP contribution in [0.4, 0.5) is 0 Å². The molecular weight excluding hydrogens is 300 g/mol. The van der Waals surface area contributed by atoms with E-state index in [4.69, 9.17) is 18.7 Å². The molecule has 7 heteroatoms. The second-order valence-electron chi connectivity index (χ2n) is 4.90. The second kappa shape index (κ2) is 7.04. The Balaban J connectivity index is 2.22. The van der Waals surface area contributed by atoms with Crippen molar-refractivity contribution >= 4 is 5.91 Å². The highest BCUT2D eigenvalue weighted by atomic mass is 16.5. The zero-order valence-electron chi connectivity index (χ0n) is 13.9. The third-order valence-electron chi connectivity index (χ3n) is 3.53. The lowest BCUT2D eigenvalue weighted by atomic mass is 10.1. The normalized spacial score (nSPS) is 10.3. The van der Waals surface area contributed by atoms with Crippen molar-refractivity contribution in [1.29, 1.82) is 0 Å². The number of rotatable bonds is 6. The van der Waals surface area contributed by atoms with Gasteiger partial charge in [0.1, 0.15) is 5.76 Å². The molecule has 2 aromatic rings. The van der Waals surface area contributed by atoms with Crippen LogP contribution in [0.1, 0.15) is 27.4 Å². The van der Waals surface area contributed by atoms with Crippen molar-refractivity contribution in [1.82, 2.24) is 10.5 Å². The molecule has 23 heavy (non-hydrogen) atoms. The Morgan fingerprint density at radius 1 is 1.13 bits per heavy atom. The minimum absolute atomic E-state index is 0.260. The van der Waals surface area contributed by atoms with E-state index in [1.54, 1.807) is 19.1 Å². The van der Waals surface area contributed by atoms with E-state index in [0.29, 0.717) is 35.1 Å². The number of carbonyl (C=O) groups excluding carboxylic acids is 1. The van der Waals surface area contributed by atoms with Gasteiger partial charge in [-0.15, -0.1) is 0 Å². The first kappa shape index (κ1) is 16.7. The van der Waals surface area contributed by atoms with Gasteiger partial charge in [0.2, 0.25) is 5.75 Å². The first-order chi connectivity index (χ1) is 11.0. The molecule has 0 spiro atoms. The Morgan fingerprint density at radius 3 is 2.17 bits per heavy atom. The van der Waals surface area contributed by atoms with Gasteiger partial charge in [0.25, 0.3) is 5.91 Å². The average Bonchev–Trinajstić information content (AvgIpc) is 2.89. The van der Waals surface area contributed by atoms with Gasteiger partial charge in [0.15, 0.2) is 11.5 Å². The van der Waals surface area contributed by atoms with Crippen LogP contribution < -0.4 is 19.5 Å². The predicted octanol–water partition coefficient (Wildman–Crippen LogP) is 2.25. The molecule has 7 nitrogen and oxygen atoms in total. The summed E-state index contributed by atoms with van der Waals surface area (Å²) in [6.07, 6.45) is 0. The van der Waals surface area contributed by atoms with Crippen molar-refractivity contribution in [2.24, 2.45) is 0 Å². The number of hydrogen-bond donors (Lipinski definition) is 1. The fraction of sp³-hybridized carbons (Fsp3) is 0.375. The first-order valence-corrected chi connectivity index (χ1v) is 7.01. The van der Waals surface area contributed by atoms with Crippen LogP contribution in [-0.2, 0) is 6.54 Å². The summed E-state index contributed by atoms with van der Waals surface area (Å²) < 4.78 is 20.8. The minimum Gasteiger partial charge on any atom is -0.493 e. The summed E-state index contributed by atoms with van der Waals surface area (Å²) >= 11 is 0. The number of benzene rings is 1. The fourth-order valence-electron chi connectivity index (χ4n) is 2.24. The van der Waals surface area contributed by atoms with Gasteiger partial charge >= 0.3 is 0 Å². The SMILES string of the molecule is COc1cc(C(=O)NCc2c(C)noc2C)cc(OC)c1OC. The second-order valence-corrected chi connectivity index (χ2v) is 4.90. The number of carbonyl (C=O) groups is 1. The number of nitrogens with one attached hydrogen (secondary N) is 1. The van der Waals surface area contributed by atoms with E-state index in [2.05, 4.69) is 10.5 Å². The number of aryl methyl sites for hydroxylation is 2. The quantitative estimate of drug-likeness (QED) is 0.879. The van der Waals surface area contributed by atoms with Gasteiger partial charge in [-0.25, -0.2) is 0 Å². The molecule has 1 amide bonds. The maximum absolute atomic E-state index is 12.4.